The molecule has 1 N–H and O–H groups in total. The Morgan fingerprint density at radius 3 is 2.57 bits per heavy atom. The van der Waals surface area contributed by atoms with Gasteiger partial charge in [-0.25, -0.2) is 9.78 Å². The van der Waals surface area contributed by atoms with E-state index in [1.807, 2.05) is 14.1 Å². The van der Waals surface area contributed by atoms with Crippen LogP contribution in [0.25, 0.3) is 6.08 Å². The van der Waals surface area contributed by atoms with Crippen LogP contribution >= 0.6 is 0 Å². The van der Waals surface area contributed by atoms with Crippen LogP contribution in [0.3, 0.4) is 0 Å². The molecule has 0 atom stereocenters. The highest BCUT2D eigenvalue weighted by Gasteiger charge is 2.28. The predicted molar refractivity (Wildman–Crippen MR) is 85.4 cm³/mol. The van der Waals surface area contributed by atoms with Crippen LogP contribution in [-0.2, 0) is 0 Å². The fourth-order valence-electron chi connectivity index (χ4n) is 2.35. The van der Waals surface area contributed by atoms with E-state index in [-0.39, 0.29) is 11.5 Å². The summed E-state index contributed by atoms with van der Waals surface area (Å²) in [6.45, 7) is 1.35. The molecular weight excluding hydrogens is 302 g/mol. The third kappa shape index (κ3) is 3.87. The summed E-state index contributed by atoms with van der Waals surface area (Å²) in [5.41, 5.74) is 0.406. The van der Waals surface area contributed by atoms with E-state index >= 15 is 0 Å². The largest absolute Gasteiger partial charge is 0.465 e. The number of piperazine rings is 1. The molecule has 1 amide bonds. The van der Waals surface area contributed by atoms with Crippen LogP contribution in [0.4, 0.5) is 16.3 Å². The molecule has 1 aromatic rings. The predicted octanol–water partition coefficient (Wildman–Crippen LogP) is 1.32. The summed E-state index contributed by atoms with van der Waals surface area (Å²) in [7, 11) is 3.66. The number of carbonyl (C=O) groups is 1. The van der Waals surface area contributed by atoms with Crippen molar-refractivity contribution in [1.82, 2.24) is 14.8 Å². The van der Waals surface area contributed by atoms with Crippen LogP contribution in [0.1, 0.15) is 5.56 Å². The second kappa shape index (κ2) is 6.95. The number of nitro groups is 1. The lowest BCUT2D eigenvalue weighted by Crippen LogP contribution is -2.48. The first-order valence-electron chi connectivity index (χ1n) is 7.11. The van der Waals surface area contributed by atoms with E-state index in [9.17, 15) is 14.9 Å². The molecular formula is C14H19N5O4. The number of aromatic nitrogens is 1. The number of nitrogens with zero attached hydrogens (tertiary/aromatic N) is 5. The smallest absolute Gasteiger partial charge is 0.407 e. The second-order valence-corrected chi connectivity index (χ2v) is 5.37. The lowest BCUT2D eigenvalue weighted by molar-refractivity contribution is -0.384. The Kier molecular flexibility index (Phi) is 4.99. The molecule has 1 aliphatic heterocycles. The Bertz CT molecular complexity index is 624. The third-order valence-electron chi connectivity index (χ3n) is 3.52. The quantitative estimate of drug-likeness (QED) is 0.659. The Labute approximate surface area is 133 Å². The lowest BCUT2D eigenvalue weighted by atomic mass is 10.2. The van der Waals surface area contributed by atoms with Gasteiger partial charge in [0.25, 0.3) is 0 Å². The summed E-state index contributed by atoms with van der Waals surface area (Å²) in [4.78, 5) is 31.0. The zero-order valence-electron chi connectivity index (χ0n) is 13.0. The molecule has 0 aromatic carbocycles. The van der Waals surface area contributed by atoms with E-state index in [2.05, 4.69) is 4.98 Å². The first-order valence-corrected chi connectivity index (χ1v) is 7.11. The maximum atomic E-state index is 11.5. The van der Waals surface area contributed by atoms with Gasteiger partial charge in [-0.2, -0.15) is 0 Å². The number of pyridine rings is 1. The van der Waals surface area contributed by atoms with Gasteiger partial charge in [0, 0.05) is 46.5 Å². The molecule has 1 aromatic heterocycles. The fourth-order valence-corrected chi connectivity index (χ4v) is 2.35. The molecule has 124 valence electrons. The van der Waals surface area contributed by atoms with E-state index in [4.69, 9.17) is 5.11 Å². The van der Waals surface area contributed by atoms with E-state index < -0.39 is 11.0 Å². The van der Waals surface area contributed by atoms with E-state index in [0.29, 0.717) is 31.7 Å². The second-order valence-electron chi connectivity index (χ2n) is 5.37. The van der Waals surface area contributed by atoms with Crippen molar-refractivity contribution >= 4 is 23.7 Å². The normalized spacial score (nSPS) is 15.0. The van der Waals surface area contributed by atoms with Crippen LogP contribution in [-0.4, -0.2) is 71.2 Å². The topological polar surface area (TPSA) is 103 Å². The summed E-state index contributed by atoms with van der Waals surface area (Å²) in [6, 6.07) is 1.59. The molecule has 0 saturated carbocycles. The van der Waals surface area contributed by atoms with E-state index in [0.717, 1.165) is 0 Å². The van der Waals surface area contributed by atoms with Gasteiger partial charge in [-0.15, -0.1) is 0 Å². The lowest BCUT2D eigenvalue weighted by Gasteiger charge is -2.33. The maximum absolute atomic E-state index is 11.5. The van der Waals surface area contributed by atoms with Crippen LogP contribution < -0.4 is 4.90 Å². The highest BCUT2D eigenvalue weighted by atomic mass is 16.6. The average Bonchev–Trinajstić information content (AvgIpc) is 2.52. The minimum absolute atomic E-state index is 0.0608. The molecule has 1 aliphatic rings. The van der Waals surface area contributed by atoms with Crippen molar-refractivity contribution in [3.63, 3.8) is 0 Å². The van der Waals surface area contributed by atoms with Crippen molar-refractivity contribution < 1.29 is 14.8 Å². The summed E-state index contributed by atoms with van der Waals surface area (Å²) >= 11 is 0. The van der Waals surface area contributed by atoms with Gasteiger partial charge in [0.1, 0.15) is 0 Å². The highest BCUT2D eigenvalue weighted by molar-refractivity contribution is 5.72. The molecule has 2 heterocycles. The summed E-state index contributed by atoms with van der Waals surface area (Å²) in [6.07, 6.45) is 3.95. The van der Waals surface area contributed by atoms with Gasteiger partial charge in [-0.3, -0.25) is 10.1 Å². The number of hydrogen-bond acceptors (Lipinski definition) is 6. The molecule has 0 spiro atoms. The number of hydrogen-bond donors (Lipinski definition) is 1. The van der Waals surface area contributed by atoms with Gasteiger partial charge in [0.2, 0.25) is 5.82 Å². The number of amides is 1. The van der Waals surface area contributed by atoms with Gasteiger partial charge in [0.05, 0.1) is 10.5 Å². The van der Waals surface area contributed by atoms with Crippen molar-refractivity contribution in [3.05, 3.63) is 34.1 Å². The zero-order valence-corrected chi connectivity index (χ0v) is 13.0. The van der Waals surface area contributed by atoms with Gasteiger partial charge >= 0.3 is 11.8 Å². The minimum atomic E-state index is -0.977. The number of carboxylic acid groups (broad SMARTS) is 1. The Hall–Kier alpha value is -2.84. The van der Waals surface area contributed by atoms with Crippen molar-refractivity contribution in [2.45, 2.75) is 0 Å². The molecule has 23 heavy (non-hydrogen) atoms. The van der Waals surface area contributed by atoms with Crippen molar-refractivity contribution in [2.24, 2.45) is 0 Å². The molecule has 2 rings (SSSR count). The van der Waals surface area contributed by atoms with Crippen LogP contribution in [0, 0.1) is 10.1 Å². The van der Waals surface area contributed by atoms with E-state index in [1.54, 1.807) is 28.1 Å². The molecule has 0 bridgehead atoms. The van der Waals surface area contributed by atoms with Crippen LogP contribution in [0.2, 0.25) is 0 Å². The standard InChI is InChI=1S/C14H19N5O4/c1-16(2)6-4-11-3-5-15-13(12(11)19(22)23)17-7-9-18(10-8-17)14(20)21/h3-6H,7-10H2,1-2H3,(H,20,21). The van der Waals surface area contributed by atoms with Gasteiger partial charge in [0.15, 0.2) is 0 Å². The molecule has 0 unspecified atom stereocenters. The van der Waals surface area contributed by atoms with Gasteiger partial charge in [-0.05, 0) is 18.3 Å². The Morgan fingerprint density at radius 2 is 2.04 bits per heavy atom. The molecule has 9 heteroatoms. The summed E-state index contributed by atoms with van der Waals surface area (Å²) < 4.78 is 0. The van der Waals surface area contributed by atoms with E-state index in [1.165, 1.54) is 11.1 Å². The average molecular weight is 321 g/mol. The first-order chi connectivity index (χ1) is 10.9. The molecule has 9 nitrogen and oxygen atoms in total. The third-order valence-corrected chi connectivity index (χ3v) is 3.52. The number of anilines is 1. The van der Waals surface area contributed by atoms with Crippen molar-refractivity contribution in [1.29, 1.82) is 0 Å². The van der Waals surface area contributed by atoms with Crippen molar-refractivity contribution in [3.8, 4) is 0 Å². The maximum Gasteiger partial charge on any atom is 0.407 e. The van der Waals surface area contributed by atoms with Gasteiger partial charge in [-0.1, -0.05) is 0 Å². The monoisotopic (exact) mass is 321 g/mol. The van der Waals surface area contributed by atoms with Crippen LogP contribution in [0.15, 0.2) is 18.5 Å². The molecule has 1 saturated heterocycles. The van der Waals surface area contributed by atoms with Crippen LogP contribution in [0.5, 0.6) is 0 Å². The molecule has 1 fully saturated rings. The molecule has 0 aliphatic carbocycles. The Balaban J connectivity index is 2.30. The summed E-state index contributed by atoms with van der Waals surface area (Å²) in [5.74, 6) is 0.279. The van der Waals surface area contributed by atoms with Crippen molar-refractivity contribution in [2.75, 3.05) is 45.2 Å². The SMILES string of the molecule is CN(C)C=Cc1ccnc(N2CCN(C(=O)O)CC2)c1[N+](=O)[O-]. The first kappa shape index (κ1) is 16.5. The number of rotatable bonds is 4. The Morgan fingerprint density at radius 1 is 1.39 bits per heavy atom. The fraction of sp³-hybridized carbons (Fsp3) is 0.429. The summed E-state index contributed by atoms with van der Waals surface area (Å²) in [5, 5.41) is 20.5. The zero-order chi connectivity index (χ0) is 17.0. The highest BCUT2D eigenvalue weighted by Crippen LogP contribution is 2.31. The minimum Gasteiger partial charge on any atom is -0.465 e. The van der Waals surface area contributed by atoms with Gasteiger partial charge < -0.3 is 19.8 Å². The molecule has 0 radical (unpaired) electrons.